The van der Waals surface area contributed by atoms with Crippen LogP contribution < -0.4 is 4.74 Å². The standard InChI is InChI=1S/C18H20N2O3/c1-20-17-7-6-14(18(21)16(17)12-19-20)10-13-4-3-5-15(11-13)23-9-8-22-2/h3-5,10-12H,6-9H2,1-2H3. The maximum atomic E-state index is 12.6. The van der Waals surface area contributed by atoms with Gasteiger partial charge in [0.05, 0.1) is 18.4 Å². The van der Waals surface area contributed by atoms with Crippen LogP contribution in [0.4, 0.5) is 0 Å². The zero-order valence-corrected chi connectivity index (χ0v) is 13.4. The monoisotopic (exact) mass is 312 g/mol. The van der Waals surface area contributed by atoms with Crippen molar-refractivity contribution in [2.75, 3.05) is 20.3 Å². The second kappa shape index (κ2) is 6.79. The third kappa shape index (κ3) is 3.35. The van der Waals surface area contributed by atoms with E-state index in [0.29, 0.717) is 13.2 Å². The van der Waals surface area contributed by atoms with E-state index in [2.05, 4.69) is 5.10 Å². The van der Waals surface area contributed by atoms with Crippen molar-refractivity contribution in [3.05, 3.63) is 52.9 Å². The maximum absolute atomic E-state index is 12.6. The highest BCUT2D eigenvalue weighted by Gasteiger charge is 2.24. The zero-order valence-electron chi connectivity index (χ0n) is 13.4. The average Bonchev–Trinajstić information content (AvgIpc) is 2.93. The summed E-state index contributed by atoms with van der Waals surface area (Å²) in [5.74, 6) is 0.853. The van der Waals surface area contributed by atoms with E-state index >= 15 is 0 Å². The molecule has 0 amide bonds. The van der Waals surface area contributed by atoms with Crippen LogP contribution in [0.5, 0.6) is 5.75 Å². The van der Waals surface area contributed by atoms with Crippen LogP contribution in [-0.4, -0.2) is 35.9 Å². The van der Waals surface area contributed by atoms with Gasteiger partial charge in [-0.25, -0.2) is 0 Å². The number of aromatic nitrogens is 2. The predicted molar refractivity (Wildman–Crippen MR) is 87.6 cm³/mol. The van der Waals surface area contributed by atoms with E-state index in [1.807, 2.05) is 37.4 Å². The van der Waals surface area contributed by atoms with Crippen molar-refractivity contribution in [2.45, 2.75) is 12.8 Å². The molecule has 23 heavy (non-hydrogen) atoms. The van der Waals surface area contributed by atoms with Crippen LogP contribution in [0.3, 0.4) is 0 Å². The molecule has 1 aromatic heterocycles. The fourth-order valence-corrected chi connectivity index (χ4v) is 2.76. The minimum absolute atomic E-state index is 0.0741. The molecule has 0 radical (unpaired) electrons. The normalized spacial score (nSPS) is 15.7. The largest absolute Gasteiger partial charge is 0.491 e. The molecule has 0 spiro atoms. The van der Waals surface area contributed by atoms with Gasteiger partial charge >= 0.3 is 0 Å². The molecule has 0 saturated carbocycles. The van der Waals surface area contributed by atoms with Crippen LogP contribution in [0.1, 0.15) is 28.0 Å². The van der Waals surface area contributed by atoms with Crippen molar-refractivity contribution in [3.63, 3.8) is 0 Å². The van der Waals surface area contributed by atoms with Crippen molar-refractivity contribution in [2.24, 2.45) is 7.05 Å². The molecule has 1 aromatic carbocycles. The number of carbonyl (C=O) groups excluding carboxylic acids is 1. The number of hydrogen-bond donors (Lipinski definition) is 0. The third-order valence-electron chi connectivity index (χ3n) is 3.98. The van der Waals surface area contributed by atoms with E-state index in [0.717, 1.165) is 41.0 Å². The number of nitrogens with zero attached hydrogens (tertiary/aromatic N) is 2. The van der Waals surface area contributed by atoms with Crippen LogP contribution in [0.2, 0.25) is 0 Å². The number of fused-ring (bicyclic) bond motifs is 1. The summed E-state index contributed by atoms with van der Waals surface area (Å²) in [7, 11) is 3.52. The van der Waals surface area contributed by atoms with E-state index in [1.54, 1.807) is 18.0 Å². The number of carbonyl (C=O) groups is 1. The van der Waals surface area contributed by atoms with Gasteiger partial charge in [-0.15, -0.1) is 0 Å². The number of hydrogen-bond acceptors (Lipinski definition) is 4. The van der Waals surface area contributed by atoms with Crippen molar-refractivity contribution in [1.29, 1.82) is 0 Å². The first-order chi connectivity index (χ1) is 11.2. The number of aryl methyl sites for hydroxylation is 1. The molecule has 0 N–H and O–H groups in total. The Bertz CT molecular complexity index is 746. The van der Waals surface area contributed by atoms with Crippen LogP contribution in [0.25, 0.3) is 6.08 Å². The lowest BCUT2D eigenvalue weighted by atomic mass is 9.90. The molecule has 5 nitrogen and oxygen atoms in total. The summed E-state index contributed by atoms with van der Waals surface area (Å²) >= 11 is 0. The van der Waals surface area contributed by atoms with E-state index in [9.17, 15) is 4.79 Å². The Kier molecular flexibility index (Phi) is 4.57. The molecule has 0 atom stereocenters. The summed E-state index contributed by atoms with van der Waals surface area (Å²) in [6.45, 7) is 1.06. The molecule has 0 saturated heterocycles. The van der Waals surface area contributed by atoms with Crippen molar-refractivity contribution in [3.8, 4) is 5.75 Å². The average molecular weight is 312 g/mol. The molecule has 1 aliphatic carbocycles. The van der Waals surface area contributed by atoms with Crippen molar-refractivity contribution >= 4 is 11.9 Å². The van der Waals surface area contributed by atoms with Gasteiger partial charge in [0, 0.05) is 25.4 Å². The van der Waals surface area contributed by atoms with Gasteiger partial charge in [0.1, 0.15) is 12.4 Å². The van der Waals surface area contributed by atoms with Gasteiger partial charge in [0.25, 0.3) is 0 Å². The number of benzene rings is 1. The summed E-state index contributed by atoms with van der Waals surface area (Å²) in [6, 6.07) is 7.74. The number of methoxy groups -OCH3 is 1. The van der Waals surface area contributed by atoms with Gasteiger partial charge in [-0.05, 0) is 36.6 Å². The van der Waals surface area contributed by atoms with Gasteiger partial charge in [-0.1, -0.05) is 12.1 Å². The number of Topliss-reactive ketones (excluding diaryl/α,β-unsaturated/α-hetero) is 1. The van der Waals surface area contributed by atoms with Gasteiger partial charge in [-0.3, -0.25) is 9.48 Å². The fourth-order valence-electron chi connectivity index (χ4n) is 2.76. The van der Waals surface area contributed by atoms with E-state index in [4.69, 9.17) is 9.47 Å². The second-order valence-electron chi connectivity index (χ2n) is 5.54. The van der Waals surface area contributed by atoms with Crippen LogP contribution in [0.15, 0.2) is 36.0 Å². The molecule has 0 unspecified atom stereocenters. The topological polar surface area (TPSA) is 53.4 Å². The number of ketones is 1. The second-order valence-corrected chi connectivity index (χ2v) is 5.54. The lowest BCUT2D eigenvalue weighted by Crippen LogP contribution is -2.15. The molecule has 1 heterocycles. The van der Waals surface area contributed by atoms with Gasteiger partial charge in [0.15, 0.2) is 5.78 Å². The summed E-state index contributed by atoms with van der Waals surface area (Å²) in [6.07, 6.45) is 5.18. The quantitative estimate of drug-likeness (QED) is 0.629. The Morgan fingerprint density at radius 1 is 1.30 bits per heavy atom. The Morgan fingerprint density at radius 2 is 2.17 bits per heavy atom. The van der Waals surface area contributed by atoms with Gasteiger partial charge in [-0.2, -0.15) is 5.10 Å². The van der Waals surface area contributed by atoms with E-state index in [1.165, 1.54) is 0 Å². The lowest BCUT2D eigenvalue weighted by molar-refractivity contribution is 0.102. The van der Waals surface area contributed by atoms with Crippen LogP contribution in [0, 0.1) is 0 Å². The Hall–Kier alpha value is -2.40. The number of rotatable bonds is 5. The molecule has 5 heteroatoms. The highest BCUT2D eigenvalue weighted by molar-refractivity contribution is 6.12. The Balaban J connectivity index is 1.79. The summed E-state index contributed by atoms with van der Waals surface area (Å²) in [4.78, 5) is 12.6. The summed E-state index contributed by atoms with van der Waals surface area (Å²) in [5, 5.41) is 4.18. The predicted octanol–water partition coefficient (Wildman–Crippen LogP) is 2.66. The van der Waals surface area contributed by atoms with Crippen molar-refractivity contribution in [1.82, 2.24) is 9.78 Å². The first-order valence-corrected chi connectivity index (χ1v) is 7.67. The Labute approximate surface area is 135 Å². The van der Waals surface area contributed by atoms with Gasteiger partial charge in [0.2, 0.25) is 0 Å². The van der Waals surface area contributed by atoms with Crippen LogP contribution in [-0.2, 0) is 18.2 Å². The molecule has 0 bridgehead atoms. The Morgan fingerprint density at radius 3 is 3.00 bits per heavy atom. The molecule has 0 aliphatic heterocycles. The third-order valence-corrected chi connectivity index (χ3v) is 3.98. The highest BCUT2D eigenvalue weighted by atomic mass is 16.5. The first kappa shape index (κ1) is 15.5. The molecule has 2 aromatic rings. The molecule has 1 aliphatic rings. The fraction of sp³-hybridized carbons (Fsp3) is 0.333. The number of ether oxygens (including phenoxy) is 2. The molecule has 0 fully saturated rings. The zero-order chi connectivity index (χ0) is 16.2. The van der Waals surface area contributed by atoms with E-state index < -0.39 is 0 Å². The summed E-state index contributed by atoms with van der Waals surface area (Å²) in [5.41, 5.74) is 3.52. The molecule has 3 rings (SSSR count). The van der Waals surface area contributed by atoms with Gasteiger partial charge < -0.3 is 9.47 Å². The van der Waals surface area contributed by atoms with Crippen LogP contribution >= 0.6 is 0 Å². The van der Waals surface area contributed by atoms with E-state index in [-0.39, 0.29) is 5.78 Å². The minimum Gasteiger partial charge on any atom is -0.491 e. The number of allylic oxidation sites excluding steroid dienone is 1. The lowest BCUT2D eigenvalue weighted by Gasteiger charge is -2.14. The highest BCUT2D eigenvalue weighted by Crippen LogP contribution is 2.27. The molecule has 120 valence electrons. The minimum atomic E-state index is 0.0741. The smallest absolute Gasteiger partial charge is 0.192 e. The SMILES string of the molecule is COCCOc1cccc(C=C2CCc3c(cnn3C)C2=O)c1. The first-order valence-electron chi connectivity index (χ1n) is 7.67. The maximum Gasteiger partial charge on any atom is 0.192 e. The molecular formula is C18H20N2O3. The van der Waals surface area contributed by atoms with Crippen molar-refractivity contribution < 1.29 is 14.3 Å². The molecular weight excluding hydrogens is 292 g/mol. The summed E-state index contributed by atoms with van der Waals surface area (Å²) < 4.78 is 12.4.